The largest absolute Gasteiger partial charge is 0.496 e. The molecule has 1 aliphatic carbocycles. The summed E-state index contributed by atoms with van der Waals surface area (Å²) in [5.74, 6) is 0.865. The van der Waals surface area contributed by atoms with E-state index in [1.54, 1.807) is 31.4 Å². The van der Waals surface area contributed by atoms with E-state index in [-0.39, 0.29) is 11.6 Å². The van der Waals surface area contributed by atoms with E-state index >= 15 is 0 Å². The summed E-state index contributed by atoms with van der Waals surface area (Å²) in [6.07, 6.45) is 7.15. The van der Waals surface area contributed by atoms with Gasteiger partial charge in [0.2, 0.25) is 5.88 Å². The van der Waals surface area contributed by atoms with E-state index in [2.05, 4.69) is 15.2 Å². The van der Waals surface area contributed by atoms with E-state index in [1.807, 2.05) is 18.2 Å². The number of methoxy groups -OCH3 is 1. The fraction of sp³-hybridized carbons (Fsp3) is 0.348. The lowest BCUT2D eigenvalue weighted by molar-refractivity contribution is 0.0995. The topological polar surface area (TPSA) is 87.0 Å². The molecule has 0 aliphatic heterocycles. The predicted molar refractivity (Wildman–Crippen MR) is 112 cm³/mol. The van der Waals surface area contributed by atoms with Gasteiger partial charge in [0.05, 0.1) is 12.6 Å². The molecule has 0 radical (unpaired) electrons. The van der Waals surface area contributed by atoms with Gasteiger partial charge in [0.1, 0.15) is 5.75 Å². The number of H-pyrrole nitrogens is 1. The number of benzene rings is 2. The minimum absolute atomic E-state index is 0.0947. The Morgan fingerprint density at radius 1 is 1.14 bits per heavy atom. The number of aromatic amines is 1. The molecule has 0 bridgehead atoms. The number of aromatic nitrogens is 1. The minimum Gasteiger partial charge on any atom is -0.496 e. The van der Waals surface area contributed by atoms with E-state index in [0.717, 1.165) is 28.6 Å². The van der Waals surface area contributed by atoms with Crippen LogP contribution in [-0.2, 0) is 6.42 Å². The van der Waals surface area contributed by atoms with Crippen molar-refractivity contribution in [3.63, 3.8) is 0 Å². The van der Waals surface area contributed by atoms with Crippen molar-refractivity contribution in [2.45, 2.75) is 38.5 Å². The molecule has 0 spiro atoms. The highest BCUT2D eigenvalue weighted by atomic mass is 16.5. The maximum atomic E-state index is 12.2. The molecule has 0 unspecified atom stereocenters. The summed E-state index contributed by atoms with van der Waals surface area (Å²) in [6, 6.07) is 12.5. The van der Waals surface area contributed by atoms with Crippen molar-refractivity contribution in [2.24, 2.45) is 16.1 Å². The molecule has 29 heavy (non-hydrogen) atoms. The summed E-state index contributed by atoms with van der Waals surface area (Å²) < 4.78 is 5.59. The smallest absolute Gasteiger partial charge is 0.295 e. The number of nitrogens with zero attached hydrogens (tertiary/aromatic N) is 2. The van der Waals surface area contributed by atoms with Gasteiger partial charge >= 0.3 is 0 Å². The highest BCUT2D eigenvalue weighted by molar-refractivity contribution is 5.98. The van der Waals surface area contributed by atoms with Crippen molar-refractivity contribution in [3.05, 3.63) is 53.6 Å². The first kappa shape index (κ1) is 19.2. The van der Waals surface area contributed by atoms with Gasteiger partial charge in [0, 0.05) is 16.5 Å². The number of amides is 1. The van der Waals surface area contributed by atoms with E-state index in [0.29, 0.717) is 11.5 Å². The first-order chi connectivity index (χ1) is 14.2. The Kier molecular flexibility index (Phi) is 5.60. The number of fused-ring (bicyclic) bond motifs is 1. The zero-order valence-electron chi connectivity index (χ0n) is 16.5. The number of azo groups is 1. The molecular formula is C23H25N3O3. The summed E-state index contributed by atoms with van der Waals surface area (Å²) >= 11 is 0. The molecule has 3 aromatic rings. The average molecular weight is 391 g/mol. The van der Waals surface area contributed by atoms with Crippen molar-refractivity contribution in [1.82, 2.24) is 4.98 Å². The van der Waals surface area contributed by atoms with Crippen LogP contribution in [0.4, 0.5) is 5.69 Å². The number of aromatic hydroxyl groups is 1. The van der Waals surface area contributed by atoms with Gasteiger partial charge in [-0.25, -0.2) is 0 Å². The third kappa shape index (κ3) is 4.01. The lowest BCUT2D eigenvalue weighted by Gasteiger charge is -2.22. The number of rotatable bonds is 5. The Labute approximate surface area is 169 Å². The molecule has 2 aromatic carbocycles. The summed E-state index contributed by atoms with van der Waals surface area (Å²) in [5.41, 5.74) is 2.57. The van der Waals surface area contributed by atoms with Gasteiger partial charge in [-0.3, -0.25) is 4.79 Å². The second-order valence-corrected chi connectivity index (χ2v) is 7.57. The van der Waals surface area contributed by atoms with Crippen LogP contribution in [0.2, 0.25) is 0 Å². The van der Waals surface area contributed by atoms with Crippen LogP contribution in [0, 0.1) is 5.92 Å². The van der Waals surface area contributed by atoms with E-state index < -0.39 is 5.91 Å². The maximum Gasteiger partial charge on any atom is 0.295 e. The zero-order valence-corrected chi connectivity index (χ0v) is 16.5. The molecule has 1 fully saturated rings. The van der Waals surface area contributed by atoms with Gasteiger partial charge in [0.15, 0.2) is 5.69 Å². The van der Waals surface area contributed by atoms with Crippen molar-refractivity contribution in [1.29, 1.82) is 0 Å². The number of ether oxygens (including phenoxy) is 1. The monoisotopic (exact) mass is 391 g/mol. The van der Waals surface area contributed by atoms with Gasteiger partial charge in [-0.2, -0.15) is 0 Å². The zero-order chi connectivity index (χ0) is 20.2. The second kappa shape index (κ2) is 8.47. The molecule has 6 heteroatoms. The quantitative estimate of drug-likeness (QED) is 0.529. The van der Waals surface area contributed by atoms with Crippen LogP contribution in [0.3, 0.4) is 0 Å². The fourth-order valence-electron chi connectivity index (χ4n) is 4.18. The van der Waals surface area contributed by atoms with E-state index in [1.165, 1.54) is 32.1 Å². The third-order valence-corrected chi connectivity index (χ3v) is 5.69. The molecule has 2 N–H and O–H groups in total. The van der Waals surface area contributed by atoms with Gasteiger partial charge in [0.25, 0.3) is 5.91 Å². The molecule has 1 amide bonds. The van der Waals surface area contributed by atoms with Crippen molar-refractivity contribution in [2.75, 3.05) is 7.11 Å². The van der Waals surface area contributed by atoms with Gasteiger partial charge in [-0.1, -0.05) is 50.3 Å². The Morgan fingerprint density at radius 2 is 1.90 bits per heavy atom. The normalized spacial score (nSPS) is 15.2. The van der Waals surface area contributed by atoms with Gasteiger partial charge in [-0.05, 0) is 36.6 Å². The van der Waals surface area contributed by atoms with Crippen LogP contribution in [0.5, 0.6) is 11.6 Å². The third-order valence-electron chi connectivity index (χ3n) is 5.69. The number of hydrogen-bond acceptors (Lipinski definition) is 4. The lowest BCUT2D eigenvalue weighted by Crippen LogP contribution is -2.10. The molecule has 150 valence electrons. The highest BCUT2D eigenvalue weighted by Gasteiger charge is 2.21. The maximum absolute atomic E-state index is 12.2. The standard InChI is InChI=1S/C23H25N3O3/c1-29-19-13-12-17-20(18(19)14-15-8-4-2-5-9-15)24-23(28)21(17)25-26-22(27)16-10-6-3-7-11-16/h3,6-7,10-13,15,24,28H,2,4-5,8-9,14H2,1H3. The van der Waals surface area contributed by atoms with Crippen LogP contribution >= 0.6 is 0 Å². The van der Waals surface area contributed by atoms with Crippen molar-refractivity contribution < 1.29 is 14.6 Å². The minimum atomic E-state index is -0.449. The fourth-order valence-corrected chi connectivity index (χ4v) is 4.18. The Balaban J connectivity index is 1.69. The summed E-state index contributed by atoms with van der Waals surface area (Å²) in [6.45, 7) is 0. The summed E-state index contributed by atoms with van der Waals surface area (Å²) in [4.78, 5) is 15.3. The van der Waals surface area contributed by atoms with E-state index in [9.17, 15) is 9.90 Å². The van der Waals surface area contributed by atoms with Gasteiger partial charge in [-0.15, -0.1) is 10.2 Å². The number of carbonyl (C=O) groups excluding carboxylic acids is 1. The van der Waals surface area contributed by atoms with Crippen LogP contribution < -0.4 is 4.74 Å². The molecule has 0 atom stereocenters. The molecule has 1 saturated carbocycles. The summed E-state index contributed by atoms with van der Waals surface area (Å²) in [7, 11) is 1.66. The van der Waals surface area contributed by atoms with Crippen molar-refractivity contribution >= 4 is 22.5 Å². The van der Waals surface area contributed by atoms with Gasteiger partial charge < -0.3 is 14.8 Å². The summed E-state index contributed by atoms with van der Waals surface area (Å²) in [5, 5.41) is 19.1. The Hall–Kier alpha value is -3.15. The van der Waals surface area contributed by atoms with E-state index in [4.69, 9.17) is 4.74 Å². The predicted octanol–water partition coefficient (Wildman–Crippen LogP) is 5.93. The van der Waals surface area contributed by atoms with Crippen LogP contribution in [0.15, 0.2) is 52.7 Å². The van der Waals surface area contributed by atoms with Crippen molar-refractivity contribution in [3.8, 4) is 11.6 Å². The molecule has 6 nitrogen and oxygen atoms in total. The van der Waals surface area contributed by atoms with Crippen LogP contribution in [-0.4, -0.2) is 23.1 Å². The number of carbonyl (C=O) groups is 1. The molecular weight excluding hydrogens is 366 g/mol. The first-order valence-corrected chi connectivity index (χ1v) is 10.1. The SMILES string of the molecule is COc1ccc2c(N=NC(=O)c3ccccc3)c(O)[nH]c2c1CC1CCCCC1. The number of hydrogen-bond donors (Lipinski definition) is 2. The number of nitrogens with one attached hydrogen (secondary N) is 1. The molecule has 1 aromatic heterocycles. The average Bonchev–Trinajstić information content (AvgIpc) is 3.09. The van der Waals surface area contributed by atoms with Crippen LogP contribution in [0.25, 0.3) is 10.9 Å². The molecule has 4 rings (SSSR count). The molecule has 1 aliphatic rings. The molecule has 0 saturated heterocycles. The first-order valence-electron chi connectivity index (χ1n) is 10.1. The Bertz CT molecular complexity index is 1030. The second-order valence-electron chi connectivity index (χ2n) is 7.57. The lowest BCUT2D eigenvalue weighted by atomic mass is 9.84. The van der Waals surface area contributed by atoms with Crippen LogP contribution in [0.1, 0.15) is 48.0 Å². The molecule has 1 heterocycles. The highest BCUT2D eigenvalue weighted by Crippen LogP contribution is 2.41. The Morgan fingerprint density at radius 3 is 2.62 bits per heavy atom.